The van der Waals surface area contributed by atoms with Crippen molar-refractivity contribution in [3.63, 3.8) is 0 Å². The predicted octanol–water partition coefficient (Wildman–Crippen LogP) is 3.26. The van der Waals surface area contributed by atoms with Crippen molar-refractivity contribution in [3.05, 3.63) is 53.1 Å². The molecule has 1 atom stereocenters. The number of methoxy groups -OCH3 is 3. The zero-order chi connectivity index (χ0) is 27.9. The number of hydrogen-bond acceptors (Lipinski definition) is 9. The van der Waals surface area contributed by atoms with Crippen LogP contribution in [-0.4, -0.2) is 93.9 Å². The van der Waals surface area contributed by atoms with Gasteiger partial charge in [0.1, 0.15) is 11.5 Å². The summed E-state index contributed by atoms with van der Waals surface area (Å²) in [5.74, 6) is -0.00160. The molecule has 2 aromatic rings. The number of ether oxygens (including phenoxy) is 5. The molecule has 4 rings (SSSR count). The second kappa shape index (κ2) is 12.9. The minimum Gasteiger partial charge on any atom is -0.507 e. The molecule has 10 nitrogen and oxygen atoms in total. The van der Waals surface area contributed by atoms with E-state index >= 15 is 0 Å². The van der Waals surface area contributed by atoms with Crippen molar-refractivity contribution in [1.82, 2.24) is 9.80 Å². The molecule has 39 heavy (non-hydrogen) atoms. The fourth-order valence-electron chi connectivity index (χ4n) is 5.06. The topological polar surface area (TPSA) is 107 Å². The van der Waals surface area contributed by atoms with Gasteiger partial charge >= 0.3 is 0 Å². The van der Waals surface area contributed by atoms with E-state index in [4.69, 9.17) is 23.7 Å². The highest BCUT2D eigenvalue weighted by Crippen LogP contribution is 2.45. The van der Waals surface area contributed by atoms with Gasteiger partial charge in [-0.25, -0.2) is 0 Å². The first-order chi connectivity index (χ1) is 18.9. The third-order valence-corrected chi connectivity index (χ3v) is 6.94. The first-order valence-electron chi connectivity index (χ1n) is 13.0. The van der Waals surface area contributed by atoms with Gasteiger partial charge in [0.15, 0.2) is 11.5 Å². The number of amides is 1. The highest BCUT2D eigenvalue weighted by atomic mass is 16.5. The number of likely N-dealkylation sites (tertiary alicyclic amines) is 1. The third-order valence-electron chi connectivity index (χ3n) is 6.94. The molecule has 2 aliphatic rings. The van der Waals surface area contributed by atoms with Crippen LogP contribution in [0.1, 0.15) is 30.5 Å². The molecule has 0 radical (unpaired) electrons. The summed E-state index contributed by atoms with van der Waals surface area (Å²) in [7, 11) is 4.50. The van der Waals surface area contributed by atoms with E-state index in [0.29, 0.717) is 66.9 Å². The lowest BCUT2D eigenvalue weighted by Crippen LogP contribution is -2.39. The van der Waals surface area contributed by atoms with Crippen molar-refractivity contribution in [3.8, 4) is 23.0 Å². The summed E-state index contributed by atoms with van der Waals surface area (Å²) in [5.41, 5.74) is 0.927. The molecular weight excluding hydrogens is 504 g/mol. The van der Waals surface area contributed by atoms with E-state index in [9.17, 15) is 14.7 Å². The minimum absolute atomic E-state index is 0.00528. The van der Waals surface area contributed by atoms with Crippen LogP contribution in [-0.2, 0) is 14.3 Å². The van der Waals surface area contributed by atoms with Crippen molar-refractivity contribution < 1.29 is 38.4 Å². The number of hydrogen-bond donors (Lipinski definition) is 1. The first kappa shape index (κ1) is 28.3. The SMILES string of the molecule is CCOc1cccc(/C(O)=C2\C(=O)C(=O)N(CCCN3CCOCC3)C2c2cc(OC)c(OC)c(OC)c2)c1. The number of aliphatic hydroxyl groups is 1. The number of ketones is 1. The second-order valence-corrected chi connectivity index (χ2v) is 9.22. The molecule has 1 unspecified atom stereocenters. The zero-order valence-corrected chi connectivity index (χ0v) is 22.9. The third kappa shape index (κ3) is 5.97. The summed E-state index contributed by atoms with van der Waals surface area (Å²) >= 11 is 0. The molecule has 2 aliphatic heterocycles. The molecule has 2 aromatic carbocycles. The number of carbonyl (C=O) groups is 2. The molecule has 0 bridgehead atoms. The highest BCUT2D eigenvalue weighted by molar-refractivity contribution is 6.46. The van der Waals surface area contributed by atoms with Crippen LogP contribution in [0, 0.1) is 0 Å². The number of carbonyl (C=O) groups excluding carboxylic acids is 2. The number of Topliss-reactive ketones (excluding diaryl/α,β-unsaturated/α-hetero) is 1. The van der Waals surface area contributed by atoms with Crippen LogP contribution >= 0.6 is 0 Å². The Labute approximate surface area is 228 Å². The van der Waals surface area contributed by atoms with Crippen LogP contribution in [0.3, 0.4) is 0 Å². The van der Waals surface area contributed by atoms with Crippen molar-refractivity contribution in [2.24, 2.45) is 0 Å². The monoisotopic (exact) mass is 540 g/mol. The van der Waals surface area contributed by atoms with Crippen molar-refractivity contribution in [2.45, 2.75) is 19.4 Å². The summed E-state index contributed by atoms with van der Waals surface area (Å²) < 4.78 is 27.6. The Kier molecular flexibility index (Phi) is 9.32. The molecule has 1 amide bonds. The van der Waals surface area contributed by atoms with Crippen LogP contribution in [0.4, 0.5) is 0 Å². The van der Waals surface area contributed by atoms with Gasteiger partial charge < -0.3 is 33.7 Å². The van der Waals surface area contributed by atoms with E-state index in [2.05, 4.69) is 4.90 Å². The van der Waals surface area contributed by atoms with E-state index in [1.165, 1.54) is 26.2 Å². The van der Waals surface area contributed by atoms with Crippen LogP contribution in [0.5, 0.6) is 23.0 Å². The van der Waals surface area contributed by atoms with Gasteiger partial charge in [-0.15, -0.1) is 0 Å². The van der Waals surface area contributed by atoms with Crippen molar-refractivity contribution in [2.75, 3.05) is 67.3 Å². The average Bonchev–Trinajstić information content (AvgIpc) is 3.22. The van der Waals surface area contributed by atoms with Gasteiger partial charge in [0.05, 0.1) is 52.8 Å². The van der Waals surface area contributed by atoms with Gasteiger partial charge in [0.25, 0.3) is 11.7 Å². The Balaban J connectivity index is 1.79. The normalized spacial score (nSPS) is 19.3. The van der Waals surface area contributed by atoms with Gasteiger partial charge in [-0.3, -0.25) is 14.5 Å². The molecule has 1 N–H and O–H groups in total. The largest absolute Gasteiger partial charge is 0.507 e. The summed E-state index contributed by atoms with van der Waals surface area (Å²) in [6.45, 7) is 6.39. The van der Waals surface area contributed by atoms with Crippen LogP contribution in [0.15, 0.2) is 42.0 Å². The Morgan fingerprint density at radius 2 is 1.69 bits per heavy atom. The molecule has 0 aliphatic carbocycles. The molecule has 0 spiro atoms. The van der Waals surface area contributed by atoms with Crippen molar-refractivity contribution in [1.29, 1.82) is 0 Å². The van der Waals surface area contributed by atoms with E-state index in [1.54, 1.807) is 36.4 Å². The van der Waals surface area contributed by atoms with Crippen LogP contribution < -0.4 is 18.9 Å². The summed E-state index contributed by atoms with van der Waals surface area (Å²) in [6.07, 6.45) is 0.647. The summed E-state index contributed by atoms with van der Waals surface area (Å²) in [4.78, 5) is 30.7. The predicted molar refractivity (Wildman–Crippen MR) is 145 cm³/mol. The quantitative estimate of drug-likeness (QED) is 0.261. The number of aliphatic hydroxyl groups excluding tert-OH is 1. The van der Waals surface area contributed by atoms with Gasteiger partial charge in [-0.2, -0.15) is 0 Å². The maximum atomic E-state index is 13.5. The Hall–Kier alpha value is -3.76. The number of morpholine rings is 1. The van der Waals surface area contributed by atoms with Crippen molar-refractivity contribution >= 4 is 17.4 Å². The maximum Gasteiger partial charge on any atom is 0.295 e. The minimum atomic E-state index is -0.862. The highest BCUT2D eigenvalue weighted by Gasteiger charge is 2.46. The van der Waals surface area contributed by atoms with Gasteiger partial charge in [-0.1, -0.05) is 12.1 Å². The summed E-state index contributed by atoms with van der Waals surface area (Å²) in [6, 6.07) is 9.37. The molecule has 2 fully saturated rings. The number of benzene rings is 2. The van der Waals surface area contributed by atoms with E-state index < -0.39 is 17.7 Å². The fraction of sp³-hybridized carbons (Fsp3) is 0.448. The van der Waals surface area contributed by atoms with Gasteiger partial charge in [0, 0.05) is 31.7 Å². The molecule has 210 valence electrons. The fourth-order valence-corrected chi connectivity index (χ4v) is 5.06. The van der Waals surface area contributed by atoms with E-state index in [-0.39, 0.29) is 11.3 Å². The Morgan fingerprint density at radius 3 is 2.31 bits per heavy atom. The molecule has 0 aromatic heterocycles. The van der Waals surface area contributed by atoms with Crippen LogP contribution in [0.2, 0.25) is 0 Å². The summed E-state index contributed by atoms with van der Waals surface area (Å²) in [5, 5.41) is 11.4. The maximum absolute atomic E-state index is 13.5. The lowest BCUT2D eigenvalue weighted by Gasteiger charge is -2.29. The lowest BCUT2D eigenvalue weighted by atomic mass is 9.94. The first-order valence-corrected chi connectivity index (χ1v) is 13.0. The smallest absolute Gasteiger partial charge is 0.295 e. The Bertz CT molecular complexity index is 1200. The molecule has 2 saturated heterocycles. The molecule has 0 saturated carbocycles. The van der Waals surface area contributed by atoms with Crippen LogP contribution in [0.25, 0.3) is 5.76 Å². The molecule has 10 heteroatoms. The lowest BCUT2D eigenvalue weighted by molar-refractivity contribution is -0.140. The Morgan fingerprint density at radius 1 is 1.00 bits per heavy atom. The standard InChI is InChI=1S/C29H36N2O8/c1-5-39-21-9-6-8-19(16-21)26(32)24-25(20-17-22(35-2)28(37-4)23(18-20)36-3)31(29(34)27(24)33)11-7-10-30-12-14-38-15-13-30/h6,8-9,16-18,25,32H,5,7,10-15H2,1-4H3/b26-24+. The molecular formula is C29H36N2O8. The number of rotatable bonds is 11. The number of nitrogens with zero attached hydrogens (tertiary/aromatic N) is 2. The zero-order valence-electron chi connectivity index (χ0n) is 22.9. The van der Waals surface area contributed by atoms with E-state index in [0.717, 1.165) is 19.6 Å². The average molecular weight is 541 g/mol. The van der Waals surface area contributed by atoms with Gasteiger partial charge in [-0.05, 0) is 43.2 Å². The second-order valence-electron chi connectivity index (χ2n) is 9.22. The van der Waals surface area contributed by atoms with E-state index in [1.807, 2.05) is 6.92 Å². The molecule has 2 heterocycles. The van der Waals surface area contributed by atoms with Gasteiger partial charge in [0.2, 0.25) is 5.75 Å².